The summed E-state index contributed by atoms with van der Waals surface area (Å²) in [5, 5.41) is 0. The summed E-state index contributed by atoms with van der Waals surface area (Å²) in [7, 11) is 0. The molecule has 0 saturated heterocycles. The van der Waals surface area contributed by atoms with Gasteiger partial charge in [-0.2, -0.15) is 5.56 Å². The Labute approximate surface area is 199 Å². The van der Waals surface area contributed by atoms with Gasteiger partial charge in [0.1, 0.15) is 0 Å². The van der Waals surface area contributed by atoms with Crippen LogP contribution in [0, 0.1) is 6.08 Å². The Hall–Kier alpha value is -0.827. The van der Waals surface area contributed by atoms with Crippen molar-refractivity contribution in [1.29, 1.82) is 0 Å². The van der Waals surface area contributed by atoms with Crippen LogP contribution in [0.1, 0.15) is 76.7 Å². The van der Waals surface area contributed by atoms with E-state index in [0.29, 0.717) is 4.90 Å². The number of hydrogen-bond donors (Lipinski definition) is 1. The van der Waals surface area contributed by atoms with Crippen molar-refractivity contribution in [1.82, 2.24) is 0 Å². The maximum absolute atomic E-state index is 10.3. The van der Waals surface area contributed by atoms with Crippen molar-refractivity contribution < 1.29 is 35.0 Å². The largest absolute Gasteiger partial charge is 3.00 e. The molecule has 1 N–H and O–H groups in total. The minimum Gasteiger partial charge on any atom is -0.302 e. The summed E-state index contributed by atoms with van der Waals surface area (Å²) < 4.78 is 18.8. The summed E-state index contributed by atoms with van der Waals surface area (Å²) in [6, 6.07) is 18.6. The maximum Gasteiger partial charge on any atom is 3.00 e. The van der Waals surface area contributed by atoms with Crippen molar-refractivity contribution in [3.63, 3.8) is 0 Å². The first-order chi connectivity index (χ1) is 13.7. The first kappa shape index (κ1) is 28.2. The molecule has 0 aromatic heterocycles. The van der Waals surface area contributed by atoms with Crippen LogP contribution in [0.15, 0.2) is 65.6 Å². The molecule has 2 aromatic carbocycles. The van der Waals surface area contributed by atoms with Gasteiger partial charge in [0.15, 0.2) is 11.1 Å². The van der Waals surface area contributed by atoms with Gasteiger partial charge < -0.3 is 4.55 Å². The summed E-state index contributed by atoms with van der Waals surface area (Å²) in [4.78, 5) is 0.442. The molecule has 2 aliphatic rings. The van der Waals surface area contributed by atoms with Crippen LogP contribution in [0.4, 0.5) is 0 Å². The summed E-state index contributed by atoms with van der Waals surface area (Å²) in [5.74, 6) is 0. The van der Waals surface area contributed by atoms with Gasteiger partial charge in [-0.25, -0.2) is 10.3 Å². The average molecular weight is 491 g/mol. The van der Waals surface area contributed by atoms with Gasteiger partial charge >= 0.3 is 26.2 Å². The molecule has 155 valence electrons. The smallest absolute Gasteiger partial charge is 0.302 e. The van der Waals surface area contributed by atoms with Gasteiger partial charge in [0, 0.05) is 0 Å². The quantitative estimate of drug-likeness (QED) is 0.346. The van der Waals surface area contributed by atoms with Crippen molar-refractivity contribution in [2.24, 2.45) is 0 Å². The third kappa shape index (κ3) is 16.6. The molecule has 1 atom stereocenters. The van der Waals surface area contributed by atoms with E-state index in [-0.39, 0.29) is 26.2 Å². The molecular formula is C25H35O2SZr+2. The molecule has 2 nitrogen and oxygen atoms in total. The summed E-state index contributed by atoms with van der Waals surface area (Å²) >= 11 is -1.83. The molecular weight excluding hydrogens is 456 g/mol. The minimum atomic E-state index is -1.83. The Morgan fingerprint density at radius 3 is 1.34 bits per heavy atom. The van der Waals surface area contributed by atoms with E-state index in [1.165, 1.54) is 69.8 Å². The average Bonchev–Trinajstić information content (AvgIpc) is 3.49. The molecule has 2 saturated carbocycles. The van der Waals surface area contributed by atoms with E-state index < -0.39 is 11.1 Å². The summed E-state index contributed by atoms with van der Waals surface area (Å²) in [6.45, 7) is 1.90. The van der Waals surface area contributed by atoms with Crippen LogP contribution < -0.4 is 0 Å². The van der Waals surface area contributed by atoms with E-state index >= 15 is 0 Å². The maximum atomic E-state index is 10.3. The molecule has 2 fully saturated rings. The van der Waals surface area contributed by atoms with E-state index in [9.17, 15) is 4.21 Å². The Balaban J connectivity index is 0.000000369. The molecule has 0 heterocycles. The second-order valence-electron chi connectivity index (χ2n) is 6.94. The van der Waals surface area contributed by atoms with Gasteiger partial charge in [-0.15, -0.1) is 19.1 Å². The molecule has 1 radical (unpaired) electrons. The molecule has 29 heavy (non-hydrogen) atoms. The van der Waals surface area contributed by atoms with Crippen molar-refractivity contribution in [2.75, 3.05) is 0 Å². The van der Waals surface area contributed by atoms with Gasteiger partial charge in [-0.3, -0.25) is 6.08 Å². The van der Waals surface area contributed by atoms with Crippen molar-refractivity contribution in [3.05, 3.63) is 72.3 Å². The van der Waals surface area contributed by atoms with E-state index in [1.807, 2.05) is 31.2 Å². The molecule has 0 spiro atoms. The zero-order chi connectivity index (χ0) is 20.3. The molecule has 4 heteroatoms. The molecule has 1 unspecified atom stereocenters. The van der Waals surface area contributed by atoms with Crippen LogP contribution in [0.2, 0.25) is 0 Å². The van der Waals surface area contributed by atoms with Crippen LogP contribution in [0.25, 0.3) is 6.08 Å². The van der Waals surface area contributed by atoms with E-state index in [0.717, 1.165) is 0 Å². The fraction of sp³-hybridized carbons (Fsp3) is 0.440. The van der Waals surface area contributed by atoms with Gasteiger partial charge in [0.2, 0.25) is 0 Å². The second-order valence-corrected chi connectivity index (χ2v) is 7.91. The van der Waals surface area contributed by atoms with Crippen molar-refractivity contribution in [3.8, 4) is 0 Å². The first-order valence-corrected chi connectivity index (χ1v) is 11.6. The van der Waals surface area contributed by atoms with Crippen LogP contribution in [0.5, 0.6) is 0 Å². The molecule has 4 rings (SSSR count). The van der Waals surface area contributed by atoms with Crippen LogP contribution in [-0.4, -0.2) is 8.76 Å². The van der Waals surface area contributed by atoms with Gasteiger partial charge in [0.25, 0.3) is 0 Å². The van der Waals surface area contributed by atoms with E-state index in [4.69, 9.17) is 4.55 Å². The number of rotatable bonds is 2. The molecule has 0 bridgehead atoms. The van der Waals surface area contributed by atoms with Gasteiger partial charge in [-0.05, 0) is 12.1 Å². The van der Waals surface area contributed by atoms with Crippen LogP contribution in [-0.2, 0) is 37.3 Å². The zero-order valence-corrected chi connectivity index (χ0v) is 21.0. The third-order valence-corrected chi connectivity index (χ3v) is 5.23. The normalized spacial score (nSPS) is 15.5. The van der Waals surface area contributed by atoms with Crippen LogP contribution in [0.3, 0.4) is 0 Å². The predicted molar refractivity (Wildman–Crippen MR) is 121 cm³/mol. The predicted octanol–water partition coefficient (Wildman–Crippen LogP) is 7.69. The van der Waals surface area contributed by atoms with Crippen molar-refractivity contribution >= 4 is 17.2 Å². The van der Waals surface area contributed by atoms with Gasteiger partial charge in [-0.1, -0.05) is 101 Å². The Morgan fingerprint density at radius 2 is 1.07 bits per heavy atom. The monoisotopic (exact) mass is 489 g/mol. The van der Waals surface area contributed by atoms with E-state index in [1.54, 1.807) is 30.3 Å². The molecule has 2 aromatic rings. The Bertz CT molecular complexity index is 611. The second kappa shape index (κ2) is 20.4. The van der Waals surface area contributed by atoms with Crippen molar-refractivity contribution in [2.45, 2.75) is 76.0 Å². The first-order valence-electron chi connectivity index (χ1n) is 10.5. The Morgan fingerprint density at radius 1 is 0.724 bits per heavy atom. The third-order valence-electron chi connectivity index (χ3n) is 4.56. The topological polar surface area (TPSA) is 37.3 Å². The minimum absolute atomic E-state index is 0. The van der Waals surface area contributed by atoms with E-state index in [2.05, 4.69) is 18.2 Å². The molecule has 0 aliphatic heterocycles. The molecule has 2 aliphatic carbocycles. The SMILES string of the molecule is C1CCCC1.C1CCCC1.C[C-]=Cc1ccccc1.O=S(O)c1ccccc1.[Zr+3]. The zero-order valence-electron chi connectivity index (χ0n) is 17.7. The standard InChI is InChI=1S/C9H9.C6H6O2S.2C5H10.Zr/c1-2-6-9-7-4-3-5-8-9;7-9(8)6-4-2-1-3-5-6;2*1-2-4-5-3-1;/h3-8H,1H3;1-5H,(H,7,8);2*1-5H2;/q-1;;;;+3. The summed E-state index contributed by atoms with van der Waals surface area (Å²) in [5.41, 5.74) is 1.21. The fourth-order valence-electron chi connectivity index (χ4n) is 3.02. The number of hydrogen-bond acceptors (Lipinski definition) is 1. The number of benzene rings is 2. The Kier molecular flexibility index (Phi) is 19.9. The van der Waals surface area contributed by atoms with Crippen LogP contribution >= 0.6 is 0 Å². The summed E-state index contributed by atoms with van der Waals surface area (Å²) in [6.07, 6.45) is 19.9. The fourth-order valence-corrected chi connectivity index (χ4v) is 3.41. The van der Waals surface area contributed by atoms with Gasteiger partial charge in [0.05, 0.1) is 4.90 Å². The molecule has 0 amide bonds. The number of allylic oxidation sites excluding steroid dienone is 1.